The van der Waals surface area contributed by atoms with Gasteiger partial charge in [-0.2, -0.15) is 8.78 Å². The average molecular weight is 447 g/mol. The third-order valence-electron chi connectivity index (χ3n) is 4.13. The van der Waals surface area contributed by atoms with Gasteiger partial charge in [-0.25, -0.2) is 8.96 Å². The lowest BCUT2D eigenvalue weighted by molar-refractivity contribution is -0.133. The minimum absolute atomic E-state index is 0.0689. The van der Waals surface area contributed by atoms with Crippen molar-refractivity contribution < 1.29 is 36.8 Å². The highest BCUT2D eigenvalue weighted by Crippen LogP contribution is 2.44. The number of nitrogens with one attached hydrogen (secondary N) is 1. The van der Waals surface area contributed by atoms with Crippen molar-refractivity contribution in [1.82, 2.24) is 10.3 Å². The zero-order valence-electron chi connectivity index (χ0n) is 15.8. The number of nitrogens with two attached hydrogens (primary N) is 1. The fraction of sp³-hybridized carbons (Fsp3) is 0.333. The van der Waals surface area contributed by atoms with E-state index in [1.807, 2.05) is 0 Å². The maximum Gasteiger partial charge on any atom is 0.470 e. The maximum absolute atomic E-state index is 13.4. The Labute approximate surface area is 170 Å². The summed E-state index contributed by atoms with van der Waals surface area (Å²) >= 11 is 0. The molecule has 5 N–H and O–H groups in total. The summed E-state index contributed by atoms with van der Waals surface area (Å²) in [5, 5.41) is 1.70. The molecule has 2 rings (SSSR count). The quantitative estimate of drug-likeness (QED) is 0.434. The molecule has 0 bridgehead atoms. The molecule has 0 saturated heterocycles. The van der Waals surface area contributed by atoms with Crippen LogP contribution < -0.4 is 11.1 Å². The van der Waals surface area contributed by atoms with Gasteiger partial charge in [0.2, 0.25) is 0 Å². The largest absolute Gasteiger partial charge is 0.470 e. The van der Waals surface area contributed by atoms with E-state index in [0.29, 0.717) is 16.8 Å². The van der Waals surface area contributed by atoms with Gasteiger partial charge < -0.3 is 20.8 Å². The number of aromatic nitrogens is 1. The van der Waals surface area contributed by atoms with Crippen molar-refractivity contribution >= 4 is 13.7 Å². The third-order valence-corrected chi connectivity index (χ3v) is 4.64. The van der Waals surface area contributed by atoms with Crippen LogP contribution in [-0.2, 0) is 13.9 Å². The van der Waals surface area contributed by atoms with Gasteiger partial charge in [-0.1, -0.05) is 30.3 Å². The molecule has 0 saturated carbocycles. The van der Waals surface area contributed by atoms with Crippen molar-refractivity contribution in [3.8, 4) is 11.1 Å². The SMILES string of the molecule is CC(N)c1ccc(-c2ccc([C@@H](OP(=O)(O)O)[C@@H](CF)NC(=O)C(F)F)cc2)cn1. The first-order valence-corrected chi connectivity index (χ1v) is 10.2. The highest BCUT2D eigenvalue weighted by atomic mass is 31.2. The summed E-state index contributed by atoms with van der Waals surface area (Å²) in [5.41, 5.74) is 7.89. The maximum atomic E-state index is 13.4. The first-order chi connectivity index (χ1) is 14.0. The van der Waals surface area contributed by atoms with Crippen molar-refractivity contribution in [3.05, 3.63) is 53.9 Å². The number of pyridine rings is 1. The lowest BCUT2D eigenvalue weighted by Gasteiger charge is -2.26. The molecule has 0 radical (unpaired) electrons. The number of phosphoric acid groups is 1. The number of phosphoric ester groups is 1. The zero-order valence-corrected chi connectivity index (χ0v) is 16.7. The Kier molecular flexibility index (Phi) is 8.10. The number of carbonyl (C=O) groups is 1. The number of halogens is 3. The highest BCUT2D eigenvalue weighted by molar-refractivity contribution is 7.46. The van der Waals surface area contributed by atoms with Crippen molar-refractivity contribution in [1.29, 1.82) is 0 Å². The zero-order chi connectivity index (χ0) is 22.5. The van der Waals surface area contributed by atoms with Crippen LogP contribution in [0.25, 0.3) is 11.1 Å². The number of carbonyl (C=O) groups excluding carboxylic acids is 1. The molecule has 1 amide bonds. The molecule has 1 unspecified atom stereocenters. The normalized spacial score (nSPS) is 14.9. The van der Waals surface area contributed by atoms with E-state index in [2.05, 4.69) is 9.51 Å². The Morgan fingerprint density at radius 1 is 1.20 bits per heavy atom. The monoisotopic (exact) mass is 447 g/mol. The summed E-state index contributed by atoms with van der Waals surface area (Å²) in [5.74, 6) is -1.78. The summed E-state index contributed by atoms with van der Waals surface area (Å²) in [6.07, 6.45) is -3.54. The predicted molar refractivity (Wildman–Crippen MR) is 102 cm³/mol. The van der Waals surface area contributed by atoms with E-state index in [4.69, 9.17) is 15.5 Å². The minimum Gasteiger partial charge on any atom is -0.343 e. The molecule has 30 heavy (non-hydrogen) atoms. The molecule has 8 nitrogen and oxygen atoms in total. The molecular weight excluding hydrogens is 426 g/mol. The molecule has 1 aromatic carbocycles. The van der Waals surface area contributed by atoms with Crippen LogP contribution in [0.3, 0.4) is 0 Å². The van der Waals surface area contributed by atoms with E-state index >= 15 is 0 Å². The van der Waals surface area contributed by atoms with Gasteiger partial charge in [0.1, 0.15) is 12.8 Å². The topological polar surface area (TPSA) is 135 Å². The van der Waals surface area contributed by atoms with Crippen LogP contribution in [0.5, 0.6) is 0 Å². The Morgan fingerprint density at radius 2 is 1.80 bits per heavy atom. The number of alkyl halides is 3. The van der Waals surface area contributed by atoms with Crippen LogP contribution in [0, 0.1) is 0 Å². The lowest BCUT2D eigenvalue weighted by atomic mass is 9.99. The smallest absolute Gasteiger partial charge is 0.343 e. The van der Waals surface area contributed by atoms with Crippen molar-refractivity contribution in [2.45, 2.75) is 31.5 Å². The molecule has 1 aromatic heterocycles. The van der Waals surface area contributed by atoms with E-state index in [1.54, 1.807) is 42.7 Å². The molecule has 0 spiro atoms. The second kappa shape index (κ2) is 10.1. The fourth-order valence-corrected chi connectivity index (χ4v) is 3.23. The second-order valence-electron chi connectivity index (χ2n) is 6.47. The molecule has 0 aliphatic rings. The standard InChI is InChI=1S/C18H21F3N3O5P/c1-10(22)14-7-6-13(9-23-14)11-2-4-12(5-3-11)16(29-30(26,27)28)15(8-19)24-18(25)17(20)21/h2-7,9-10,15-17H,8,22H2,1H3,(H,24,25)(H2,26,27,28)/t10?,15-,16-/m1/s1. The molecule has 2 aromatic rings. The van der Waals surface area contributed by atoms with E-state index < -0.39 is 39.0 Å². The fourth-order valence-electron chi connectivity index (χ4n) is 2.67. The van der Waals surface area contributed by atoms with E-state index in [-0.39, 0.29) is 11.6 Å². The third kappa shape index (κ3) is 6.61. The van der Waals surface area contributed by atoms with Gasteiger partial charge in [-0.3, -0.25) is 14.3 Å². The lowest BCUT2D eigenvalue weighted by Crippen LogP contribution is -2.44. The van der Waals surface area contributed by atoms with Gasteiger partial charge in [0.15, 0.2) is 0 Å². The number of hydrogen-bond acceptors (Lipinski definition) is 5. The first kappa shape index (κ1) is 24.0. The Bertz CT molecular complexity index is 891. The number of amides is 1. The molecular formula is C18H21F3N3O5P. The summed E-state index contributed by atoms with van der Waals surface area (Å²) < 4.78 is 54.3. The Morgan fingerprint density at radius 3 is 2.23 bits per heavy atom. The summed E-state index contributed by atoms with van der Waals surface area (Å²) in [7, 11) is -5.13. The summed E-state index contributed by atoms with van der Waals surface area (Å²) in [6, 6.07) is 7.41. The van der Waals surface area contributed by atoms with Crippen LogP contribution in [0.1, 0.15) is 30.3 Å². The molecule has 0 aliphatic carbocycles. The molecule has 164 valence electrons. The predicted octanol–water partition coefficient (Wildman–Crippen LogP) is 2.64. The van der Waals surface area contributed by atoms with Gasteiger partial charge >= 0.3 is 14.2 Å². The van der Waals surface area contributed by atoms with E-state index in [0.717, 1.165) is 0 Å². The molecule has 3 atom stereocenters. The number of benzene rings is 1. The molecule has 0 aliphatic heterocycles. The molecule has 1 heterocycles. The Hall–Kier alpha value is -2.30. The van der Waals surface area contributed by atoms with Gasteiger partial charge in [-0.15, -0.1) is 0 Å². The Balaban J connectivity index is 2.31. The van der Waals surface area contributed by atoms with Crippen LogP contribution >= 0.6 is 7.82 Å². The summed E-state index contributed by atoms with van der Waals surface area (Å²) in [6.45, 7) is 0.388. The highest BCUT2D eigenvalue weighted by Gasteiger charge is 2.33. The molecule has 12 heteroatoms. The van der Waals surface area contributed by atoms with Gasteiger partial charge in [0, 0.05) is 17.8 Å². The number of hydrogen-bond donors (Lipinski definition) is 4. The molecule has 0 fully saturated rings. The van der Waals surface area contributed by atoms with Gasteiger partial charge in [0.05, 0.1) is 11.7 Å². The average Bonchev–Trinajstić information content (AvgIpc) is 2.69. The van der Waals surface area contributed by atoms with Crippen LogP contribution in [0.4, 0.5) is 13.2 Å². The van der Waals surface area contributed by atoms with Gasteiger partial charge in [0.25, 0.3) is 5.91 Å². The van der Waals surface area contributed by atoms with Crippen molar-refractivity contribution in [2.75, 3.05) is 6.67 Å². The van der Waals surface area contributed by atoms with Crippen molar-refractivity contribution in [3.63, 3.8) is 0 Å². The second-order valence-corrected chi connectivity index (χ2v) is 7.66. The van der Waals surface area contributed by atoms with Crippen LogP contribution in [-0.4, -0.2) is 39.8 Å². The number of rotatable bonds is 9. The summed E-state index contributed by atoms with van der Waals surface area (Å²) in [4.78, 5) is 33.7. The first-order valence-electron chi connectivity index (χ1n) is 8.72. The van der Waals surface area contributed by atoms with Crippen LogP contribution in [0.2, 0.25) is 0 Å². The van der Waals surface area contributed by atoms with Crippen LogP contribution in [0.15, 0.2) is 42.6 Å². The van der Waals surface area contributed by atoms with Crippen molar-refractivity contribution in [2.24, 2.45) is 5.73 Å². The van der Waals surface area contributed by atoms with E-state index in [1.165, 1.54) is 12.1 Å². The minimum atomic E-state index is -5.13. The van der Waals surface area contributed by atoms with Gasteiger partial charge in [-0.05, 0) is 24.1 Å². The number of nitrogens with zero attached hydrogens (tertiary/aromatic N) is 1. The van der Waals surface area contributed by atoms with E-state index in [9.17, 15) is 22.5 Å².